The first-order valence-electron chi connectivity index (χ1n) is 15.0. The number of amides is 2. The SMILES string of the molecule is COCCCN(C[C@]1(O)CC[C@H]2C3=CC=C4C[C@@H](O)CC[C@]4(C)[C@H]3CC[C@@]21C)C(=O)N[C@H](C)c1ccccc1. The van der Waals surface area contributed by atoms with E-state index in [2.05, 4.69) is 31.3 Å². The van der Waals surface area contributed by atoms with Crippen LogP contribution in [-0.4, -0.2) is 59.7 Å². The molecule has 6 nitrogen and oxygen atoms in total. The standard InChI is InChI=1S/C33H48N2O4/c1-23(24-9-6-5-7-10-24)34-30(37)35(19-8-20-39-4)22-33(38)18-15-29-27-12-11-25-21-26(36)13-16-31(25,2)28(27)14-17-32(29,33)3/h5-7,9-12,23,26,28-29,36,38H,8,13-22H2,1-4H3,(H,34,37)/t23-,26+,28+,29+,31+,32+,33-/m1/s1. The Morgan fingerprint density at radius 3 is 2.59 bits per heavy atom. The predicted molar refractivity (Wildman–Crippen MR) is 154 cm³/mol. The lowest BCUT2D eigenvalue weighted by Gasteiger charge is -2.56. The van der Waals surface area contributed by atoms with Gasteiger partial charge in [-0.05, 0) is 81.1 Å². The Bertz CT molecular complexity index is 1100. The summed E-state index contributed by atoms with van der Waals surface area (Å²) in [5, 5.41) is 25.8. The summed E-state index contributed by atoms with van der Waals surface area (Å²) in [6.07, 6.45) is 11.5. The zero-order valence-corrected chi connectivity index (χ0v) is 24.3. The van der Waals surface area contributed by atoms with Crippen molar-refractivity contribution in [3.63, 3.8) is 0 Å². The molecule has 3 saturated carbocycles. The first-order valence-corrected chi connectivity index (χ1v) is 15.0. The fourth-order valence-corrected chi connectivity index (χ4v) is 8.42. The van der Waals surface area contributed by atoms with Crippen LogP contribution in [0.5, 0.6) is 0 Å². The molecule has 3 N–H and O–H groups in total. The van der Waals surface area contributed by atoms with E-state index in [1.807, 2.05) is 42.2 Å². The summed E-state index contributed by atoms with van der Waals surface area (Å²) in [4.78, 5) is 15.4. The van der Waals surface area contributed by atoms with Crippen molar-refractivity contribution < 1.29 is 19.7 Å². The summed E-state index contributed by atoms with van der Waals surface area (Å²) in [5.41, 5.74) is 2.85. The molecule has 0 spiro atoms. The van der Waals surface area contributed by atoms with Crippen LogP contribution in [0.3, 0.4) is 0 Å². The van der Waals surface area contributed by atoms with Gasteiger partial charge in [0.25, 0.3) is 0 Å². The summed E-state index contributed by atoms with van der Waals surface area (Å²) in [5.74, 6) is 0.799. The summed E-state index contributed by atoms with van der Waals surface area (Å²) in [7, 11) is 1.68. The van der Waals surface area contributed by atoms with Crippen molar-refractivity contribution in [1.29, 1.82) is 0 Å². The highest BCUT2D eigenvalue weighted by molar-refractivity contribution is 5.75. The number of aliphatic hydroxyl groups is 2. The molecule has 6 heteroatoms. The predicted octanol–water partition coefficient (Wildman–Crippen LogP) is 5.77. The van der Waals surface area contributed by atoms with Gasteiger partial charge in [0.05, 0.1) is 24.3 Å². The fourth-order valence-electron chi connectivity index (χ4n) is 8.42. The van der Waals surface area contributed by atoms with Gasteiger partial charge in [0.1, 0.15) is 0 Å². The molecule has 0 unspecified atom stereocenters. The maximum atomic E-state index is 13.6. The van der Waals surface area contributed by atoms with Gasteiger partial charge >= 0.3 is 6.03 Å². The van der Waals surface area contributed by atoms with Crippen LogP contribution in [0.15, 0.2) is 53.6 Å². The Kier molecular flexibility index (Phi) is 8.02. The highest BCUT2D eigenvalue weighted by Gasteiger charge is 2.62. The fraction of sp³-hybridized carbons (Fsp3) is 0.667. The monoisotopic (exact) mass is 536 g/mol. The molecule has 0 radical (unpaired) electrons. The van der Waals surface area contributed by atoms with Crippen molar-refractivity contribution in [2.45, 2.75) is 89.9 Å². The third-order valence-electron chi connectivity index (χ3n) is 11.0. The van der Waals surface area contributed by atoms with Crippen LogP contribution >= 0.6 is 0 Å². The molecule has 1 aromatic carbocycles. The molecular weight excluding hydrogens is 488 g/mol. The normalized spacial score (nSPS) is 36.1. The van der Waals surface area contributed by atoms with Crippen molar-refractivity contribution in [1.82, 2.24) is 10.2 Å². The van der Waals surface area contributed by atoms with Crippen LogP contribution in [0.25, 0.3) is 0 Å². The first kappa shape index (κ1) is 28.4. The van der Waals surface area contributed by atoms with Crippen molar-refractivity contribution in [2.75, 3.05) is 26.8 Å². The van der Waals surface area contributed by atoms with E-state index in [0.717, 1.165) is 50.5 Å². The Balaban J connectivity index is 1.36. The van der Waals surface area contributed by atoms with E-state index < -0.39 is 5.60 Å². The molecule has 2 amide bonds. The Morgan fingerprint density at radius 1 is 1.10 bits per heavy atom. The molecule has 0 aliphatic heterocycles. The molecule has 214 valence electrons. The Hall–Kier alpha value is -2.15. The average molecular weight is 537 g/mol. The number of aliphatic hydroxyl groups excluding tert-OH is 1. The van der Waals surface area contributed by atoms with Crippen molar-refractivity contribution in [2.24, 2.45) is 22.7 Å². The van der Waals surface area contributed by atoms with E-state index in [0.29, 0.717) is 38.0 Å². The molecule has 5 rings (SSSR count). The second kappa shape index (κ2) is 11.0. The van der Waals surface area contributed by atoms with E-state index in [9.17, 15) is 15.0 Å². The van der Waals surface area contributed by atoms with Crippen LogP contribution in [0.1, 0.15) is 83.7 Å². The maximum absolute atomic E-state index is 13.6. The zero-order valence-electron chi connectivity index (χ0n) is 24.3. The van der Waals surface area contributed by atoms with Gasteiger partial charge in [-0.25, -0.2) is 4.79 Å². The number of carbonyl (C=O) groups is 1. The van der Waals surface area contributed by atoms with E-state index in [4.69, 9.17) is 4.74 Å². The highest BCUT2D eigenvalue weighted by Crippen LogP contribution is 2.66. The number of allylic oxidation sites excluding steroid dienone is 3. The molecule has 1 aromatic rings. The third kappa shape index (κ3) is 5.09. The Morgan fingerprint density at radius 2 is 1.85 bits per heavy atom. The number of benzene rings is 1. The van der Waals surface area contributed by atoms with Gasteiger partial charge in [0.15, 0.2) is 0 Å². The molecule has 4 aliphatic rings. The van der Waals surface area contributed by atoms with Crippen LogP contribution in [-0.2, 0) is 4.74 Å². The molecule has 0 bridgehead atoms. The minimum atomic E-state index is -0.947. The van der Waals surface area contributed by atoms with E-state index in [1.165, 1.54) is 11.1 Å². The smallest absolute Gasteiger partial charge is 0.317 e. The number of hydrogen-bond donors (Lipinski definition) is 3. The number of methoxy groups -OCH3 is 1. The van der Waals surface area contributed by atoms with Gasteiger partial charge < -0.3 is 25.2 Å². The van der Waals surface area contributed by atoms with Crippen LogP contribution in [0.4, 0.5) is 4.79 Å². The van der Waals surface area contributed by atoms with Crippen molar-refractivity contribution in [3.05, 3.63) is 59.2 Å². The molecule has 4 aliphatic carbocycles. The number of nitrogens with zero attached hydrogens (tertiary/aromatic N) is 1. The lowest BCUT2D eigenvalue weighted by atomic mass is 9.50. The van der Waals surface area contributed by atoms with E-state index in [1.54, 1.807) is 7.11 Å². The number of carbonyl (C=O) groups excluding carboxylic acids is 1. The van der Waals surface area contributed by atoms with Gasteiger partial charge in [-0.1, -0.05) is 67.5 Å². The summed E-state index contributed by atoms with van der Waals surface area (Å²) in [6.45, 7) is 8.13. The number of fused-ring (bicyclic) bond motifs is 5. The minimum Gasteiger partial charge on any atom is -0.393 e. The second-order valence-electron chi connectivity index (χ2n) is 13.2. The van der Waals surface area contributed by atoms with E-state index >= 15 is 0 Å². The van der Waals surface area contributed by atoms with Crippen molar-refractivity contribution in [3.8, 4) is 0 Å². The average Bonchev–Trinajstić information content (AvgIpc) is 3.19. The number of nitrogens with one attached hydrogen (secondary N) is 1. The quantitative estimate of drug-likeness (QED) is 0.369. The maximum Gasteiger partial charge on any atom is 0.317 e. The molecule has 7 atom stereocenters. The number of hydrogen-bond acceptors (Lipinski definition) is 4. The van der Waals surface area contributed by atoms with Crippen LogP contribution in [0.2, 0.25) is 0 Å². The summed E-state index contributed by atoms with van der Waals surface area (Å²) < 4.78 is 5.29. The largest absolute Gasteiger partial charge is 0.393 e. The van der Waals surface area contributed by atoms with Gasteiger partial charge in [-0.2, -0.15) is 0 Å². The van der Waals surface area contributed by atoms with Gasteiger partial charge in [0, 0.05) is 25.7 Å². The molecule has 0 saturated heterocycles. The second-order valence-corrected chi connectivity index (χ2v) is 13.2. The molecular formula is C33H48N2O4. The number of rotatable bonds is 8. The van der Waals surface area contributed by atoms with Gasteiger partial charge in [-0.15, -0.1) is 0 Å². The minimum absolute atomic E-state index is 0.116. The topological polar surface area (TPSA) is 82.0 Å². The number of urea groups is 1. The first-order chi connectivity index (χ1) is 18.6. The lowest BCUT2D eigenvalue weighted by molar-refractivity contribution is -0.0967. The Labute approximate surface area is 234 Å². The van der Waals surface area contributed by atoms with Gasteiger partial charge in [-0.3, -0.25) is 0 Å². The van der Waals surface area contributed by atoms with Gasteiger partial charge in [0.2, 0.25) is 0 Å². The zero-order chi connectivity index (χ0) is 27.8. The highest BCUT2D eigenvalue weighted by atomic mass is 16.5. The van der Waals surface area contributed by atoms with E-state index in [-0.39, 0.29) is 29.0 Å². The van der Waals surface area contributed by atoms with Crippen LogP contribution < -0.4 is 5.32 Å². The summed E-state index contributed by atoms with van der Waals surface area (Å²) >= 11 is 0. The lowest BCUT2D eigenvalue weighted by Crippen LogP contribution is -2.58. The molecule has 39 heavy (non-hydrogen) atoms. The summed E-state index contributed by atoms with van der Waals surface area (Å²) in [6, 6.07) is 9.76. The van der Waals surface area contributed by atoms with Crippen molar-refractivity contribution >= 4 is 6.03 Å². The number of ether oxygens (including phenoxy) is 1. The molecule has 0 heterocycles. The molecule has 0 aromatic heterocycles. The van der Waals surface area contributed by atoms with Crippen LogP contribution in [0, 0.1) is 22.7 Å². The molecule has 3 fully saturated rings. The third-order valence-corrected chi connectivity index (χ3v) is 11.0.